The van der Waals surface area contributed by atoms with Crippen molar-refractivity contribution in [2.75, 3.05) is 0 Å². The Labute approximate surface area is 309 Å². The van der Waals surface area contributed by atoms with E-state index in [-0.39, 0.29) is 0 Å². The third-order valence-electron chi connectivity index (χ3n) is 7.36. The van der Waals surface area contributed by atoms with Gasteiger partial charge in [0, 0.05) is 0 Å². The van der Waals surface area contributed by atoms with Gasteiger partial charge in [0.1, 0.15) is 0 Å². The Morgan fingerprint density at radius 1 is 0.521 bits per heavy atom. The van der Waals surface area contributed by atoms with Gasteiger partial charge in [-0.2, -0.15) is 0 Å². The van der Waals surface area contributed by atoms with Gasteiger partial charge in [-0.3, -0.25) is 0 Å². The quantitative estimate of drug-likeness (QED) is 0.197. The lowest BCUT2D eigenvalue weighted by Crippen LogP contribution is -2.02. The highest BCUT2D eigenvalue weighted by atomic mass is 14.2. The molecule has 0 N–H and O–H groups in total. The van der Waals surface area contributed by atoms with Crippen LogP contribution in [0.15, 0.2) is 42.5 Å². The van der Waals surface area contributed by atoms with Crippen molar-refractivity contribution in [2.45, 2.75) is 228 Å². The van der Waals surface area contributed by atoms with Gasteiger partial charge in [-0.15, -0.1) is 0 Å². The van der Waals surface area contributed by atoms with E-state index in [1.807, 2.05) is 41.5 Å². The molecule has 48 heavy (non-hydrogen) atoms. The summed E-state index contributed by atoms with van der Waals surface area (Å²) in [7, 11) is 0. The zero-order valence-corrected chi connectivity index (χ0v) is 37.6. The molecule has 0 aliphatic rings. The van der Waals surface area contributed by atoms with Crippen LogP contribution in [0.5, 0.6) is 0 Å². The number of unbranched alkanes of at least 4 members (excludes halogenated alkanes) is 5. The fraction of sp³-hybridized carbons (Fsp3) is 0.750. The van der Waals surface area contributed by atoms with E-state index in [2.05, 4.69) is 146 Å². The van der Waals surface area contributed by atoms with E-state index < -0.39 is 0 Å². The predicted molar refractivity (Wildman–Crippen MR) is 232 cm³/mol. The van der Waals surface area contributed by atoms with Crippen molar-refractivity contribution in [3.8, 4) is 0 Å². The molecule has 288 valence electrons. The summed E-state index contributed by atoms with van der Waals surface area (Å²) in [6.45, 7) is 45.4. The van der Waals surface area contributed by atoms with Gasteiger partial charge in [-0.05, 0) is 66.2 Å². The number of rotatable bonds is 12. The molecule has 2 aromatic carbocycles. The first kappa shape index (κ1) is 58.6. The highest BCUT2D eigenvalue weighted by Gasteiger charge is 2.10. The normalized spacial score (nSPS) is 10.5. The van der Waals surface area contributed by atoms with E-state index in [0.29, 0.717) is 11.8 Å². The Bertz CT molecular complexity index is 804. The molecule has 0 heteroatoms. The van der Waals surface area contributed by atoms with E-state index in [4.69, 9.17) is 0 Å². The molecule has 0 amide bonds. The number of hydrogen-bond donors (Lipinski definition) is 0. The molecule has 0 aliphatic carbocycles. The fourth-order valence-corrected chi connectivity index (χ4v) is 4.07. The summed E-state index contributed by atoms with van der Waals surface area (Å²) in [5, 5.41) is 0. The summed E-state index contributed by atoms with van der Waals surface area (Å²) in [5.74, 6) is 2.95. The van der Waals surface area contributed by atoms with Crippen LogP contribution in [0.4, 0.5) is 0 Å². The lowest BCUT2D eigenvalue weighted by Gasteiger charge is -2.16. The van der Waals surface area contributed by atoms with Crippen LogP contribution in [0.1, 0.15) is 235 Å². The molecule has 0 aliphatic heterocycles. The molecule has 0 fully saturated rings. The van der Waals surface area contributed by atoms with Gasteiger partial charge in [0.2, 0.25) is 0 Å². The zero-order chi connectivity index (χ0) is 38.9. The molecule has 2 rings (SSSR count). The van der Waals surface area contributed by atoms with Gasteiger partial charge in [0.25, 0.3) is 0 Å². The van der Waals surface area contributed by atoms with Gasteiger partial charge < -0.3 is 0 Å². The van der Waals surface area contributed by atoms with E-state index >= 15 is 0 Å². The number of aryl methyl sites for hydroxylation is 2. The second-order valence-electron chi connectivity index (χ2n) is 13.5. The van der Waals surface area contributed by atoms with E-state index in [1.54, 1.807) is 0 Å². The Balaban J connectivity index is -0.000000131. The molecule has 0 spiro atoms. The van der Waals surface area contributed by atoms with E-state index in [1.165, 1.54) is 92.0 Å². The van der Waals surface area contributed by atoms with Crippen molar-refractivity contribution in [3.05, 3.63) is 70.3 Å². The second-order valence-corrected chi connectivity index (χ2v) is 13.5. The van der Waals surface area contributed by atoms with Crippen LogP contribution < -0.4 is 0 Å². The molecular weight excluding hydrogens is 577 g/mol. The topological polar surface area (TPSA) is 0 Å². The maximum atomic E-state index is 2.40. The van der Waals surface area contributed by atoms with Gasteiger partial charge >= 0.3 is 0 Å². The lowest BCUT2D eigenvalue weighted by molar-refractivity contribution is 0.509. The van der Waals surface area contributed by atoms with Crippen molar-refractivity contribution in [2.24, 2.45) is 11.8 Å². The first-order chi connectivity index (χ1) is 22.8. The number of benzene rings is 2. The third kappa shape index (κ3) is 44.4. The Morgan fingerprint density at radius 3 is 1.33 bits per heavy atom. The smallest absolute Gasteiger partial charge is 0.0150 e. The first-order valence-corrected chi connectivity index (χ1v) is 21.0. The molecular formula is C48H96. The van der Waals surface area contributed by atoms with Gasteiger partial charge in [0.15, 0.2) is 0 Å². The summed E-state index contributed by atoms with van der Waals surface area (Å²) in [5.41, 5.74) is 7.14. The Morgan fingerprint density at radius 2 is 1.00 bits per heavy atom. The van der Waals surface area contributed by atoms with Crippen LogP contribution in [0, 0.1) is 25.7 Å². The minimum atomic E-state index is 0.566. The first-order valence-electron chi connectivity index (χ1n) is 21.0. The van der Waals surface area contributed by atoms with E-state index in [9.17, 15) is 0 Å². The molecule has 0 saturated heterocycles. The van der Waals surface area contributed by atoms with Crippen LogP contribution in [-0.4, -0.2) is 0 Å². The third-order valence-corrected chi connectivity index (χ3v) is 7.36. The molecule has 2 atom stereocenters. The summed E-state index contributed by atoms with van der Waals surface area (Å²) in [4.78, 5) is 0. The van der Waals surface area contributed by atoms with Crippen LogP contribution in [-0.2, 0) is 6.42 Å². The fourth-order valence-electron chi connectivity index (χ4n) is 4.07. The lowest BCUT2D eigenvalue weighted by atomic mass is 9.89. The Kier molecular flexibility index (Phi) is 58.1. The van der Waals surface area contributed by atoms with Crippen LogP contribution in [0.3, 0.4) is 0 Å². The maximum absolute atomic E-state index is 2.40. The van der Waals surface area contributed by atoms with Gasteiger partial charge in [-0.25, -0.2) is 0 Å². The summed E-state index contributed by atoms with van der Waals surface area (Å²) >= 11 is 0. The summed E-state index contributed by atoms with van der Waals surface area (Å²) in [6.07, 6.45) is 14.9. The standard InChI is InChI=1S/C20H26.2C7H16.2C4H10.3C2H6/c1-14(2)18-10-9-16(4)20(13-18)12-17(5)19-8-6-7-15(3)11-19;1-4-6-7(3)5-2;1-3-5-7-6-4-2;1-4(2)3;1-3-4-2;3*1-2/h6-11,13-14,17H,12H2,1-5H3;7H,4-6H2,1-3H3;3-7H2,1-2H3;4H,1-3H3;3-4H2,1-2H3;3*1-2H3. The largest absolute Gasteiger partial charge is 0.0683 e. The minimum absolute atomic E-state index is 0.566. The molecule has 0 heterocycles. The predicted octanol–water partition coefficient (Wildman–Crippen LogP) is 18.1. The highest BCUT2D eigenvalue weighted by Crippen LogP contribution is 2.25. The zero-order valence-electron chi connectivity index (χ0n) is 37.6. The molecule has 0 bridgehead atoms. The summed E-state index contributed by atoms with van der Waals surface area (Å²) in [6, 6.07) is 15.8. The monoisotopic (exact) mass is 673 g/mol. The van der Waals surface area contributed by atoms with Crippen molar-refractivity contribution in [1.29, 1.82) is 0 Å². The summed E-state index contributed by atoms with van der Waals surface area (Å²) < 4.78 is 0. The van der Waals surface area contributed by atoms with Crippen molar-refractivity contribution in [3.63, 3.8) is 0 Å². The van der Waals surface area contributed by atoms with Crippen molar-refractivity contribution < 1.29 is 0 Å². The van der Waals surface area contributed by atoms with Crippen LogP contribution in [0.25, 0.3) is 0 Å². The van der Waals surface area contributed by atoms with Crippen molar-refractivity contribution >= 4 is 0 Å². The molecule has 2 aromatic rings. The van der Waals surface area contributed by atoms with Gasteiger partial charge in [0.05, 0.1) is 0 Å². The molecule has 0 aromatic heterocycles. The second kappa shape index (κ2) is 47.6. The van der Waals surface area contributed by atoms with Crippen LogP contribution in [0.2, 0.25) is 0 Å². The van der Waals surface area contributed by atoms with Gasteiger partial charge in [-0.1, -0.05) is 244 Å². The Hall–Kier alpha value is -1.56. The average Bonchev–Trinajstić information content (AvgIpc) is 3.09. The SMILES string of the molecule is CC.CC.CC.CC(C)C.CCCC.CCCC(C)CC.CCCCCCC.Cc1cccc(C(C)Cc2cc(C(C)C)ccc2C)c1. The van der Waals surface area contributed by atoms with Crippen LogP contribution >= 0.6 is 0 Å². The minimum Gasteiger partial charge on any atom is -0.0683 e. The molecule has 0 saturated carbocycles. The highest BCUT2D eigenvalue weighted by molar-refractivity contribution is 5.35. The number of hydrogen-bond acceptors (Lipinski definition) is 0. The van der Waals surface area contributed by atoms with E-state index in [0.717, 1.165) is 18.3 Å². The maximum Gasteiger partial charge on any atom is -0.0150 e. The molecule has 2 unspecified atom stereocenters. The average molecular weight is 673 g/mol. The molecule has 0 radical (unpaired) electrons. The molecule has 0 nitrogen and oxygen atoms in total. The van der Waals surface area contributed by atoms with Crippen molar-refractivity contribution in [1.82, 2.24) is 0 Å².